The van der Waals surface area contributed by atoms with Crippen molar-refractivity contribution in [2.24, 2.45) is 10.9 Å². The average Bonchev–Trinajstić information content (AvgIpc) is 2.75. The van der Waals surface area contributed by atoms with Gasteiger partial charge in [0.25, 0.3) is 0 Å². The van der Waals surface area contributed by atoms with Crippen molar-refractivity contribution in [2.45, 2.75) is 31.7 Å². The van der Waals surface area contributed by atoms with Crippen molar-refractivity contribution in [3.63, 3.8) is 0 Å². The Kier molecular flexibility index (Phi) is 7.17. The molecule has 1 fully saturated rings. The molecule has 27 heavy (non-hydrogen) atoms. The Balaban J connectivity index is 1.87. The lowest BCUT2D eigenvalue weighted by molar-refractivity contribution is -0.142. The van der Waals surface area contributed by atoms with E-state index >= 15 is 0 Å². The van der Waals surface area contributed by atoms with Gasteiger partial charge in [-0.1, -0.05) is 60.7 Å². The Morgan fingerprint density at radius 3 is 2.11 bits per heavy atom. The normalized spacial score (nSPS) is 15.7. The highest BCUT2D eigenvalue weighted by Gasteiger charge is 2.23. The maximum atomic E-state index is 12.4. The van der Waals surface area contributed by atoms with Gasteiger partial charge in [0, 0.05) is 24.3 Å². The van der Waals surface area contributed by atoms with Crippen LogP contribution in [0.15, 0.2) is 65.7 Å². The highest BCUT2D eigenvalue weighted by molar-refractivity contribution is 6.13. The van der Waals surface area contributed by atoms with Gasteiger partial charge in [0.2, 0.25) is 0 Å². The minimum atomic E-state index is -0.492. The average molecular weight is 365 g/mol. The summed E-state index contributed by atoms with van der Waals surface area (Å²) >= 11 is 0. The van der Waals surface area contributed by atoms with Crippen LogP contribution in [-0.2, 0) is 14.3 Å². The van der Waals surface area contributed by atoms with Crippen molar-refractivity contribution in [3.8, 4) is 0 Å². The van der Waals surface area contributed by atoms with Crippen molar-refractivity contribution in [3.05, 3.63) is 71.8 Å². The monoisotopic (exact) mass is 365 g/mol. The van der Waals surface area contributed by atoms with Crippen molar-refractivity contribution >= 4 is 11.7 Å². The van der Waals surface area contributed by atoms with E-state index in [0.717, 1.165) is 49.3 Å². The number of rotatable bonds is 7. The number of carbonyl (C=O) groups excluding carboxylic acids is 1. The van der Waals surface area contributed by atoms with Gasteiger partial charge >= 0.3 is 5.97 Å². The van der Waals surface area contributed by atoms with Gasteiger partial charge in [0.1, 0.15) is 6.04 Å². The molecular weight excluding hydrogens is 338 g/mol. The summed E-state index contributed by atoms with van der Waals surface area (Å²) in [6.45, 7) is 1.63. The maximum absolute atomic E-state index is 12.4. The van der Waals surface area contributed by atoms with Crippen molar-refractivity contribution in [1.29, 1.82) is 0 Å². The third kappa shape index (κ3) is 5.51. The quantitative estimate of drug-likeness (QED) is 0.544. The molecule has 1 heterocycles. The number of hydrogen-bond donors (Lipinski definition) is 0. The summed E-state index contributed by atoms with van der Waals surface area (Å²) in [5.74, 6) is 0.324. The van der Waals surface area contributed by atoms with E-state index in [0.29, 0.717) is 12.3 Å². The Morgan fingerprint density at radius 2 is 1.59 bits per heavy atom. The topological polar surface area (TPSA) is 47.9 Å². The van der Waals surface area contributed by atoms with Gasteiger partial charge in [-0.25, -0.2) is 4.79 Å². The molecule has 0 radical (unpaired) electrons. The lowest BCUT2D eigenvalue weighted by Gasteiger charge is -2.23. The molecule has 1 aliphatic rings. The Hall–Kier alpha value is -2.46. The number of aliphatic imine (C=N–C) groups is 1. The summed E-state index contributed by atoms with van der Waals surface area (Å²) in [6, 6.07) is 19.5. The van der Waals surface area contributed by atoms with E-state index in [1.807, 2.05) is 60.7 Å². The highest BCUT2D eigenvalue weighted by Crippen LogP contribution is 2.23. The Bertz CT molecular complexity index is 695. The predicted molar refractivity (Wildman–Crippen MR) is 107 cm³/mol. The zero-order valence-electron chi connectivity index (χ0n) is 15.8. The summed E-state index contributed by atoms with van der Waals surface area (Å²) in [7, 11) is 1.43. The number of nitrogens with zero attached hydrogens (tertiary/aromatic N) is 1. The first-order chi connectivity index (χ1) is 13.3. The van der Waals surface area contributed by atoms with E-state index in [9.17, 15) is 4.79 Å². The number of methoxy groups -OCH3 is 1. The van der Waals surface area contributed by atoms with Gasteiger partial charge in [0.15, 0.2) is 0 Å². The summed E-state index contributed by atoms with van der Waals surface area (Å²) in [4.78, 5) is 17.3. The molecule has 4 heteroatoms. The van der Waals surface area contributed by atoms with Gasteiger partial charge in [0.05, 0.1) is 12.8 Å². The molecule has 1 unspecified atom stereocenters. The van der Waals surface area contributed by atoms with Crippen LogP contribution in [0.5, 0.6) is 0 Å². The van der Waals surface area contributed by atoms with Crippen LogP contribution in [0.4, 0.5) is 0 Å². The maximum Gasteiger partial charge on any atom is 0.330 e. The van der Waals surface area contributed by atoms with E-state index in [1.54, 1.807) is 0 Å². The molecule has 0 aromatic heterocycles. The lowest BCUT2D eigenvalue weighted by Crippen LogP contribution is -2.25. The third-order valence-electron chi connectivity index (χ3n) is 5.04. The van der Waals surface area contributed by atoms with Gasteiger partial charge in [-0.05, 0) is 31.6 Å². The SMILES string of the molecule is COC(=O)C(CCC1CCOCC1)N=C(c1ccccc1)c1ccccc1. The number of hydrogen-bond acceptors (Lipinski definition) is 4. The van der Waals surface area contributed by atoms with Crippen LogP contribution in [0, 0.1) is 5.92 Å². The van der Waals surface area contributed by atoms with E-state index in [-0.39, 0.29) is 5.97 Å². The zero-order chi connectivity index (χ0) is 18.9. The molecule has 0 spiro atoms. The molecule has 1 saturated heterocycles. The molecular formula is C23H27NO3. The highest BCUT2D eigenvalue weighted by atomic mass is 16.5. The Morgan fingerprint density at radius 1 is 1.04 bits per heavy atom. The number of carbonyl (C=O) groups is 1. The van der Waals surface area contributed by atoms with E-state index in [4.69, 9.17) is 14.5 Å². The first kappa shape index (κ1) is 19.3. The van der Waals surface area contributed by atoms with Crippen LogP contribution < -0.4 is 0 Å². The van der Waals surface area contributed by atoms with Crippen LogP contribution in [0.3, 0.4) is 0 Å². The van der Waals surface area contributed by atoms with Crippen LogP contribution in [-0.4, -0.2) is 38.0 Å². The van der Waals surface area contributed by atoms with Gasteiger partial charge < -0.3 is 9.47 Å². The summed E-state index contributed by atoms with van der Waals surface area (Å²) in [5, 5.41) is 0. The molecule has 1 atom stereocenters. The van der Waals surface area contributed by atoms with Crippen molar-refractivity contribution in [2.75, 3.05) is 20.3 Å². The van der Waals surface area contributed by atoms with Gasteiger partial charge in [-0.15, -0.1) is 0 Å². The summed E-state index contributed by atoms with van der Waals surface area (Å²) in [5.41, 5.74) is 2.84. The molecule has 3 rings (SSSR count). The third-order valence-corrected chi connectivity index (χ3v) is 5.04. The first-order valence-corrected chi connectivity index (χ1v) is 9.62. The smallest absolute Gasteiger partial charge is 0.330 e. The minimum absolute atomic E-state index is 0.272. The largest absolute Gasteiger partial charge is 0.467 e. The van der Waals surface area contributed by atoms with Gasteiger partial charge in [-0.3, -0.25) is 4.99 Å². The fraction of sp³-hybridized carbons (Fsp3) is 0.391. The molecule has 1 aliphatic heterocycles. The molecule has 0 saturated carbocycles. The number of ether oxygens (including phenoxy) is 2. The molecule has 2 aromatic carbocycles. The fourth-order valence-corrected chi connectivity index (χ4v) is 3.46. The summed E-state index contributed by atoms with van der Waals surface area (Å²) < 4.78 is 10.5. The molecule has 0 bridgehead atoms. The zero-order valence-corrected chi connectivity index (χ0v) is 15.8. The summed E-state index contributed by atoms with van der Waals surface area (Å²) in [6.07, 6.45) is 3.77. The number of esters is 1. The van der Waals surface area contributed by atoms with Crippen molar-refractivity contribution in [1.82, 2.24) is 0 Å². The number of benzene rings is 2. The molecule has 0 amide bonds. The van der Waals surface area contributed by atoms with E-state index < -0.39 is 6.04 Å². The van der Waals surface area contributed by atoms with Crippen LogP contribution in [0.2, 0.25) is 0 Å². The molecule has 2 aromatic rings. The lowest BCUT2D eigenvalue weighted by atomic mass is 9.92. The molecule has 4 nitrogen and oxygen atoms in total. The second-order valence-electron chi connectivity index (χ2n) is 6.88. The van der Waals surface area contributed by atoms with E-state index in [1.165, 1.54) is 7.11 Å². The predicted octanol–water partition coefficient (Wildman–Crippen LogP) is 4.27. The van der Waals surface area contributed by atoms with Gasteiger partial charge in [-0.2, -0.15) is 0 Å². The second kappa shape index (κ2) is 10.0. The first-order valence-electron chi connectivity index (χ1n) is 9.62. The standard InChI is InChI=1S/C23H27NO3/c1-26-23(25)21(13-12-18-14-16-27-17-15-18)24-22(19-8-4-2-5-9-19)20-10-6-3-7-11-20/h2-11,18,21H,12-17H2,1H3. The second-order valence-corrected chi connectivity index (χ2v) is 6.88. The Labute approximate surface area is 161 Å². The van der Waals surface area contributed by atoms with Crippen LogP contribution in [0.1, 0.15) is 36.8 Å². The molecule has 0 N–H and O–H groups in total. The van der Waals surface area contributed by atoms with Crippen molar-refractivity contribution < 1.29 is 14.3 Å². The fourth-order valence-electron chi connectivity index (χ4n) is 3.46. The molecule has 142 valence electrons. The van der Waals surface area contributed by atoms with Crippen LogP contribution in [0.25, 0.3) is 0 Å². The molecule has 0 aliphatic carbocycles. The van der Waals surface area contributed by atoms with E-state index in [2.05, 4.69) is 0 Å². The van der Waals surface area contributed by atoms with Crippen LogP contribution >= 0.6 is 0 Å². The minimum Gasteiger partial charge on any atom is -0.467 e.